The van der Waals surface area contributed by atoms with Gasteiger partial charge in [0.15, 0.2) is 5.82 Å². The molecule has 2 saturated carbocycles. The van der Waals surface area contributed by atoms with Gasteiger partial charge in [-0.15, -0.1) is 0 Å². The summed E-state index contributed by atoms with van der Waals surface area (Å²) in [5.74, 6) is 2.11. The van der Waals surface area contributed by atoms with Gasteiger partial charge >= 0.3 is 0 Å². The summed E-state index contributed by atoms with van der Waals surface area (Å²) < 4.78 is 5.74. The Labute approximate surface area is 184 Å². The first-order valence-corrected chi connectivity index (χ1v) is 11.8. The van der Waals surface area contributed by atoms with Crippen molar-refractivity contribution in [3.8, 4) is 0 Å². The normalized spacial score (nSPS) is 30.3. The zero-order chi connectivity index (χ0) is 21.5. The van der Waals surface area contributed by atoms with Gasteiger partial charge in [-0.3, -0.25) is 9.69 Å². The average Bonchev–Trinajstić information content (AvgIpc) is 3.42. The molecule has 1 aromatic carbocycles. The molecule has 1 saturated heterocycles. The number of rotatable bonds is 5. The van der Waals surface area contributed by atoms with E-state index in [9.17, 15) is 4.79 Å². The Bertz CT molecular complexity index is 921. The van der Waals surface area contributed by atoms with Crippen molar-refractivity contribution in [1.82, 2.24) is 20.4 Å². The lowest BCUT2D eigenvalue weighted by molar-refractivity contribution is -0.132. The van der Waals surface area contributed by atoms with E-state index in [1.54, 1.807) is 0 Å². The van der Waals surface area contributed by atoms with E-state index in [0.717, 1.165) is 64.0 Å². The lowest BCUT2D eigenvalue weighted by atomic mass is 9.75. The molecule has 3 atom stereocenters. The summed E-state index contributed by atoms with van der Waals surface area (Å²) >= 11 is 0. The van der Waals surface area contributed by atoms with Crippen LogP contribution in [0.25, 0.3) is 0 Å². The second-order valence-electron chi connectivity index (χ2n) is 10.4. The van der Waals surface area contributed by atoms with Crippen LogP contribution in [0.2, 0.25) is 0 Å². The monoisotopic (exact) mass is 422 g/mol. The molecule has 0 spiro atoms. The van der Waals surface area contributed by atoms with Gasteiger partial charge in [-0.05, 0) is 44.1 Å². The van der Waals surface area contributed by atoms with E-state index in [0.29, 0.717) is 11.7 Å². The summed E-state index contributed by atoms with van der Waals surface area (Å²) in [6.07, 6.45) is 7.46. The van der Waals surface area contributed by atoms with E-state index < -0.39 is 0 Å². The van der Waals surface area contributed by atoms with Gasteiger partial charge in [0.2, 0.25) is 11.8 Å². The molecule has 3 aliphatic rings. The van der Waals surface area contributed by atoms with E-state index in [-0.39, 0.29) is 22.8 Å². The molecule has 1 amide bonds. The predicted octanol–water partition coefficient (Wildman–Crippen LogP) is 4.00. The van der Waals surface area contributed by atoms with Crippen LogP contribution in [0.15, 0.2) is 34.9 Å². The Hall–Kier alpha value is -2.21. The quantitative estimate of drug-likeness (QED) is 0.789. The number of fused-ring (bicyclic) bond motifs is 1. The molecule has 0 unspecified atom stereocenters. The summed E-state index contributed by atoms with van der Waals surface area (Å²) in [6.45, 7) is 6.86. The van der Waals surface area contributed by atoms with E-state index in [2.05, 4.69) is 57.6 Å². The highest BCUT2D eigenvalue weighted by Crippen LogP contribution is 2.50. The van der Waals surface area contributed by atoms with Gasteiger partial charge in [0.05, 0.1) is 5.41 Å². The predicted molar refractivity (Wildman–Crippen MR) is 118 cm³/mol. The molecular formula is C25H34N4O2. The van der Waals surface area contributed by atoms with Gasteiger partial charge in [-0.25, -0.2) is 0 Å². The zero-order valence-electron chi connectivity index (χ0n) is 18.8. The Morgan fingerprint density at radius 2 is 2.00 bits per heavy atom. The molecule has 2 heterocycles. The number of benzene rings is 1. The molecule has 6 nitrogen and oxygen atoms in total. The van der Waals surface area contributed by atoms with Crippen LogP contribution in [0.3, 0.4) is 0 Å². The number of nitrogens with one attached hydrogen (secondary N) is 1. The molecule has 6 heteroatoms. The molecule has 1 aromatic heterocycles. The maximum Gasteiger partial charge on any atom is 0.234 e. The lowest BCUT2D eigenvalue weighted by Gasteiger charge is -2.33. The molecule has 2 aromatic rings. The zero-order valence-corrected chi connectivity index (χ0v) is 18.8. The number of hydrogen-bond acceptors (Lipinski definition) is 5. The van der Waals surface area contributed by atoms with Gasteiger partial charge in [0.25, 0.3) is 0 Å². The summed E-state index contributed by atoms with van der Waals surface area (Å²) in [5, 5.41) is 7.54. The SMILES string of the molecule is Cc1noc([C@]23C[C@H](NC(=O)C4(C)CCCCC4)C[C@H]2CN(Cc2ccccc2)C3)n1. The molecular weight excluding hydrogens is 388 g/mol. The summed E-state index contributed by atoms with van der Waals surface area (Å²) in [7, 11) is 0. The second kappa shape index (κ2) is 8.05. The third-order valence-corrected chi connectivity index (χ3v) is 7.99. The van der Waals surface area contributed by atoms with E-state index in [1.165, 1.54) is 12.0 Å². The molecule has 31 heavy (non-hydrogen) atoms. The second-order valence-corrected chi connectivity index (χ2v) is 10.4. The number of likely N-dealkylation sites (tertiary alicyclic amines) is 1. The number of aromatic nitrogens is 2. The molecule has 5 rings (SSSR count). The minimum absolute atomic E-state index is 0.165. The van der Waals surface area contributed by atoms with Gasteiger partial charge < -0.3 is 9.84 Å². The highest BCUT2D eigenvalue weighted by Gasteiger charge is 2.57. The smallest absolute Gasteiger partial charge is 0.234 e. The number of aryl methyl sites for hydroxylation is 1. The molecule has 1 N–H and O–H groups in total. The van der Waals surface area contributed by atoms with Crippen molar-refractivity contribution >= 4 is 5.91 Å². The van der Waals surface area contributed by atoms with Crippen LogP contribution in [0.5, 0.6) is 0 Å². The van der Waals surface area contributed by atoms with E-state index in [1.807, 2.05) is 6.92 Å². The van der Waals surface area contributed by atoms with Gasteiger partial charge in [-0.2, -0.15) is 4.98 Å². The standard InChI is InChI=1S/C25H34N4O2/c1-18-26-23(31-28-18)25-14-21(27-22(30)24(2)11-7-4-8-12-24)13-20(25)16-29(17-25)15-19-9-5-3-6-10-19/h3,5-6,9-10,20-21H,4,7-8,11-17H2,1-2H3,(H,27,30)/t20-,21+,25-/m0/s1. The van der Waals surface area contributed by atoms with Crippen molar-refractivity contribution in [2.45, 2.75) is 76.8 Å². The number of carbonyl (C=O) groups is 1. The minimum Gasteiger partial charge on any atom is -0.353 e. The van der Waals surface area contributed by atoms with Crippen molar-refractivity contribution in [3.05, 3.63) is 47.6 Å². The summed E-state index contributed by atoms with van der Waals surface area (Å²) in [4.78, 5) is 20.4. The maximum atomic E-state index is 13.2. The topological polar surface area (TPSA) is 71.3 Å². The first-order chi connectivity index (χ1) is 15.0. The molecule has 0 radical (unpaired) electrons. The van der Waals surface area contributed by atoms with E-state index >= 15 is 0 Å². The van der Waals surface area contributed by atoms with Crippen molar-refractivity contribution in [1.29, 1.82) is 0 Å². The minimum atomic E-state index is -0.205. The summed E-state index contributed by atoms with van der Waals surface area (Å²) in [5.41, 5.74) is 0.958. The first-order valence-electron chi connectivity index (χ1n) is 11.8. The Morgan fingerprint density at radius 3 is 2.71 bits per heavy atom. The number of carbonyl (C=O) groups excluding carboxylic acids is 1. The molecule has 3 fully saturated rings. The van der Waals surface area contributed by atoms with Gasteiger partial charge in [0.1, 0.15) is 0 Å². The fourth-order valence-corrected chi connectivity index (χ4v) is 6.30. The maximum absolute atomic E-state index is 13.2. The van der Waals surface area contributed by atoms with Gasteiger partial charge in [-0.1, -0.05) is 61.7 Å². The van der Waals surface area contributed by atoms with Crippen molar-refractivity contribution in [3.63, 3.8) is 0 Å². The molecule has 1 aliphatic heterocycles. The Morgan fingerprint density at radius 1 is 1.23 bits per heavy atom. The third kappa shape index (κ3) is 3.91. The van der Waals surface area contributed by atoms with Crippen LogP contribution in [0, 0.1) is 18.3 Å². The first kappa shape index (κ1) is 20.7. The van der Waals surface area contributed by atoms with Crippen molar-refractivity contribution in [2.24, 2.45) is 11.3 Å². The number of hydrogen-bond donors (Lipinski definition) is 1. The fraction of sp³-hybridized carbons (Fsp3) is 0.640. The fourth-order valence-electron chi connectivity index (χ4n) is 6.30. The van der Waals surface area contributed by atoms with Crippen LogP contribution >= 0.6 is 0 Å². The third-order valence-electron chi connectivity index (χ3n) is 7.99. The largest absolute Gasteiger partial charge is 0.353 e. The van der Waals surface area contributed by atoms with Gasteiger partial charge in [0, 0.05) is 31.1 Å². The molecule has 0 bridgehead atoms. The van der Waals surface area contributed by atoms with Crippen LogP contribution in [0.4, 0.5) is 0 Å². The number of amides is 1. The highest BCUT2D eigenvalue weighted by atomic mass is 16.5. The number of nitrogens with zero attached hydrogens (tertiary/aromatic N) is 3. The average molecular weight is 423 g/mol. The lowest BCUT2D eigenvalue weighted by Crippen LogP contribution is -2.45. The Kier molecular flexibility index (Phi) is 5.37. The van der Waals surface area contributed by atoms with Crippen LogP contribution in [-0.4, -0.2) is 40.1 Å². The van der Waals surface area contributed by atoms with Crippen molar-refractivity contribution in [2.75, 3.05) is 13.1 Å². The van der Waals surface area contributed by atoms with E-state index in [4.69, 9.17) is 4.52 Å². The Balaban J connectivity index is 1.33. The van der Waals surface area contributed by atoms with Crippen LogP contribution in [0.1, 0.15) is 69.1 Å². The molecule has 2 aliphatic carbocycles. The van der Waals surface area contributed by atoms with Crippen LogP contribution in [-0.2, 0) is 16.8 Å². The highest BCUT2D eigenvalue weighted by molar-refractivity contribution is 5.82. The summed E-state index contributed by atoms with van der Waals surface area (Å²) in [6, 6.07) is 10.8. The van der Waals surface area contributed by atoms with Crippen molar-refractivity contribution < 1.29 is 9.32 Å². The molecule has 166 valence electrons. The van der Waals surface area contributed by atoms with Crippen LogP contribution < -0.4 is 5.32 Å².